The van der Waals surface area contributed by atoms with E-state index in [0.717, 1.165) is 16.4 Å². The van der Waals surface area contributed by atoms with Crippen LogP contribution in [0.3, 0.4) is 0 Å². The van der Waals surface area contributed by atoms with Gasteiger partial charge in [0.2, 0.25) is 15.9 Å². The molecular weight excluding hydrogens is 471 g/mol. The van der Waals surface area contributed by atoms with Crippen LogP contribution in [0.1, 0.15) is 6.42 Å². The third kappa shape index (κ3) is 5.80. The fourth-order valence-electron chi connectivity index (χ4n) is 2.92. The number of nitrogens with zero attached hydrogens (tertiary/aromatic N) is 1. The van der Waals surface area contributed by atoms with Gasteiger partial charge in [0.1, 0.15) is 10.7 Å². The highest BCUT2D eigenvalue weighted by Gasteiger charge is 2.29. The Labute approximate surface area is 184 Å². The van der Waals surface area contributed by atoms with Crippen molar-refractivity contribution in [2.75, 3.05) is 37.4 Å². The summed E-state index contributed by atoms with van der Waals surface area (Å²) in [5.74, 6) is -2.06. The van der Waals surface area contributed by atoms with Crippen LogP contribution in [0, 0.1) is 5.82 Å². The summed E-state index contributed by atoms with van der Waals surface area (Å²) >= 11 is 5.75. The molecule has 0 spiro atoms. The molecule has 0 unspecified atom stereocenters. The van der Waals surface area contributed by atoms with E-state index >= 15 is 0 Å². The summed E-state index contributed by atoms with van der Waals surface area (Å²) in [4.78, 5) is 11.7. The molecule has 0 aromatic heterocycles. The number of halogens is 2. The van der Waals surface area contributed by atoms with Crippen LogP contribution >= 0.6 is 11.6 Å². The van der Waals surface area contributed by atoms with E-state index < -0.39 is 42.2 Å². The molecule has 2 aromatic rings. The molecular formula is C19H20ClFN2O6S2. The standard InChI is InChI=1S/C19H20ClFN2O6S2/c20-14-1-4-16(5-2-14)30(25,26)12-7-19(24)22-15-3-6-17(21)18(13-15)31(27,28)23-8-10-29-11-9-23/h1-6,13H,7-12H2,(H,22,24). The number of amides is 1. The molecule has 12 heteroatoms. The van der Waals surface area contributed by atoms with Gasteiger partial charge in [0.25, 0.3) is 0 Å². The Morgan fingerprint density at radius 2 is 1.71 bits per heavy atom. The van der Waals surface area contributed by atoms with E-state index in [1.807, 2.05) is 0 Å². The zero-order chi connectivity index (χ0) is 22.6. The molecule has 1 aliphatic rings. The van der Waals surface area contributed by atoms with E-state index in [1.165, 1.54) is 30.3 Å². The van der Waals surface area contributed by atoms with Crippen LogP contribution in [0.2, 0.25) is 5.02 Å². The molecule has 1 aliphatic heterocycles. The molecule has 1 saturated heterocycles. The second-order valence-electron chi connectivity index (χ2n) is 6.73. The second kappa shape index (κ2) is 9.61. The molecule has 1 fully saturated rings. The van der Waals surface area contributed by atoms with Crippen molar-refractivity contribution in [2.24, 2.45) is 0 Å². The minimum absolute atomic E-state index is 0.0328. The van der Waals surface area contributed by atoms with Gasteiger partial charge in [-0.05, 0) is 42.5 Å². The maximum absolute atomic E-state index is 14.2. The number of carbonyl (C=O) groups excluding carboxylic acids is 1. The van der Waals surface area contributed by atoms with Crippen molar-refractivity contribution >= 4 is 43.1 Å². The van der Waals surface area contributed by atoms with Gasteiger partial charge in [0.05, 0.1) is 23.9 Å². The van der Waals surface area contributed by atoms with Gasteiger partial charge in [-0.15, -0.1) is 0 Å². The topological polar surface area (TPSA) is 110 Å². The Morgan fingerprint density at radius 3 is 2.35 bits per heavy atom. The first kappa shape index (κ1) is 23.6. The third-order valence-electron chi connectivity index (χ3n) is 4.57. The van der Waals surface area contributed by atoms with E-state index in [2.05, 4.69) is 5.32 Å². The monoisotopic (exact) mass is 490 g/mol. The predicted molar refractivity (Wildman–Crippen MR) is 113 cm³/mol. The zero-order valence-corrected chi connectivity index (χ0v) is 18.6. The SMILES string of the molecule is O=C(CCS(=O)(=O)c1ccc(Cl)cc1)Nc1ccc(F)c(S(=O)(=O)N2CCOCC2)c1. The maximum Gasteiger partial charge on any atom is 0.246 e. The molecule has 0 radical (unpaired) electrons. The van der Waals surface area contributed by atoms with Gasteiger partial charge >= 0.3 is 0 Å². The van der Waals surface area contributed by atoms with Gasteiger partial charge < -0.3 is 10.1 Å². The molecule has 1 amide bonds. The molecule has 0 aliphatic carbocycles. The Morgan fingerprint density at radius 1 is 1.06 bits per heavy atom. The number of carbonyl (C=O) groups is 1. The summed E-state index contributed by atoms with van der Waals surface area (Å²) in [7, 11) is -7.82. The average molecular weight is 491 g/mol. The quantitative estimate of drug-likeness (QED) is 0.637. The third-order valence-corrected chi connectivity index (χ3v) is 8.47. The fourth-order valence-corrected chi connectivity index (χ4v) is 5.78. The van der Waals surface area contributed by atoms with Gasteiger partial charge in [-0.25, -0.2) is 21.2 Å². The van der Waals surface area contributed by atoms with Crippen LogP contribution in [-0.4, -0.2) is 59.1 Å². The van der Waals surface area contributed by atoms with Crippen molar-refractivity contribution in [3.8, 4) is 0 Å². The van der Waals surface area contributed by atoms with Crippen LogP contribution in [0.5, 0.6) is 0 Å². The largest absolute Gasteiger partial charge is 0.379 e. The Bertz CT molecular complexity index is 1160. The molecule has 1 heterocycles. The molecule has 168 valence electrons. The van der Waals surface area contributed by atoms with Crippen molar-refractivity contribution in [3.63, 3.8) is 0 Å². The van der Waals surface area contributed by atoms with Crippen LogP contribution in [0.25, 0.3) is 0 Å². The number of sulfonamides is 1. The predicted octanol–water partition coefficient (Wildman–Crippen LogP) is 2.30. The molecule has 8 nitrogen and oxygen atoms in total. The first-order valence-electron chi connectivity index (χ1n) is 9.25. The highest BCUT2D eigenvalue weighted by molar-refractivity contribution is 7.91. The molecule has 3 rings (SSSR count). The number of benzene rings is 2. The summed E-state index contributed by atoms with van der Waals surface area (Å²) in [6, 6.07) is 8.72. The Hall–Kier alpha value is -2.05. The lowest BCUT2D eigenvalue weighted by Gasteiger charge is -2.26. The number of sulfone groups is 1. The number of hydrogen-bond acceptors (Lipinski definition) is 6. The zero-order valence-electron chi connectivity index (χ0n) is 16.3. The van der Waals surface area contributed by atoms with Gasteiger partial charge in [-0.1, -0.05) is 11.6 Å². The minimum Gasteiger partial charge on any atom is -0.379 e. The molecule has 2 aromatic carbocycles. The Kier molecular flexibility index (Phi) is 7.32. The number of ether oxygens (including phenoxy) is 1. The normalized spacial score (nSPS) is 15.5. The van der Waals surface area contributed by atoms with Gasteiger partial charge in [-0.2, -0.15) is 4.31 Å². The summed E-state index contributed by atoms with van der Waals surface area (Å²) in [5, 5.41) is 2.80. The number of hydrogen-bond donors (Lipinski definition) is 1. The Balaban J connectivity index is 1.69. The summed E-state index contributed by atoms with van der Waals surface area (Å²) in [5.41, 5.74) is 0.0436. The molecule has 0 atom stereocenters. The van der Waals surface area contributed by atoms with Crippen LogP contribution < -0.4 is 5.32 Å². The first-order valence-corrected chi connectivity index (χ1v) is 12.7. The molecule has 31 heavy (non-hydrogen) atoms. The van der Waals surface area contributed by atoms with Crippen molar-refractivity contribution < 1.29 is 30.8 Å². The lowest BCUT2D eigenvalue weighted by Crippen LogP contribution is -2.40. The average Bonchev–Trinajstić information content (AvgIpc) is 2.74. The number of morpholine rings is 1. The summed E-state index contributed by atoms with van der Waals surface area (Å²) < 4.78 is 70.6. The number of rotatable bonds is 7. The summed E-state index contributed by atoms with van der Waals surface area (Å²) in [6.07, 6.45) is -0.367. The van der Waals surface area contributed by atoms with Crippen LogP contribution in [0.4, 0.5) is 10.1 Å². The minimum atomic E-state index is -4.11. The lowest BCUT2D eigenvalue weighted by atomic mass is 10.3. The highest BCUT2D eigenvalue weighted by atomic mass is 35.5. The second-order valence-corrected chi connectivity index (χ2v) is 11.2. The lowest BCUT2D eigenvalue weighted by molar-refractivity contribution is -0.115. The van der Waals surface area contributed by atoms with Crippen LogP contribution in [-0.2, 0) is 29.4 Å². The van der Waals surface area contributed by atoms with Crippen molar-refractivity contribution in [1.82, 2.24) is 4.31 Å². The fraction of sp³-hybridized carbons (Fsp3) is 0.316. The smallest absolute Gasteiger partial charge is 0.246 e. The van der Waals surface area contributed by atoms with E-state index in [9.17, 15) is 26.0 Å². The van der Waals surface area contributed by atoms with Crippen molar-refractivity contribution in [1.29, 1.82) is 0 Å². The maximum atomic E-state index is 14.2. The number of anilines is 1. The van der Waals surface area contributed by atoms with Gasteiger partial charge in [-0.3, -0.25) is 4.79 Å². The summed E-state index contributed by atoms with van der Waals surface area (Å²) in [6.45, 7) is 0.612. The van der Waals surface area contributed by atoms with E-state index in [0.29, 0.717) is 5.02 Å². The van der Waals surface area contributed by atoms with Gasteiger partial charge in [0.15, 0.2) is 9.84 Å². The first-order chi connectivity index (χ1) is 14.6. The molecule has 0 bridgehead atoms. The van der Waals surface area contributed by atoms with Crippen molar-refractivity contribution in [3.05, 3.63) is 53.3 Å². The van der Waals surface area contributed by atoms with Gasteiger partial charge in [0, 0.05) is 30.2 Å². The van der Waals surface area contributed by atoms with Crippen LogP contribution in [0.15, 0.2) is 52.3 Å². The van der Waals surface area contributed by atoms with E-state index in [-0.39, 0.29) is 43.3 Å². The molecule has 0 saturated carbocycles. The van der Waals surface area contributed by atoms with E-state index in [4.69, 9.17) is 16.3 Å². The number of nitrogens with one attached hydrogen (secondary N) is 1. The van der Waals surface area contributed by atoms with E-state index in [1.54, 1.807) is 0 Å². The van der Waals surface area contributed by atoms with Crippen molar-refractivity contribution in [2.45, 2.75) is 16.2 Å². The molecule has 1 N–H and O–H groups in total. The highest BCUT2D eigenvalue weighted by Crippen LogP contribution is 2.24.